The van der Waals surface area contributed by atoms with Crippen LogP contribution in [0.3, 0.4) is 0 Å². The number of nitrogens with zero attached hydrogens (tertiary/aromatic N) is 2. The Morgan fingerprint density at radius 1 is 1.40 bits per heavy atom. The fourth-order valence-electron chi connectivity index (χ4n) is 1.83. The minimum atomic E-state index is 0.542. The normalized spacial score (nSPS) is 10.3. The Kier molecular flexibility index (Phi) is 4.62. The molecule has 2 aromatic rings. The van der Waals surface area contributed by atoms with Gasteiger partial charge in [-0.3, -0.25) is 5.10 Å². The third-order valence-corrected chi connectivity index (χ3v) is 3.08. The second-order valence-corrected chi connectivity index (χ2v) is 4.55. The van der Waals surface area contributed by atoms with Gasteiger partial charge < -0.3 is 14.9 Å². The summed E-state index contributed by atoms with van der Waals surface area (Å²) in [6.07, 6.45) is 0. The first-order valence-corrected chi connectivity index (χ1v) is 6.74. The molecule has 2 rings (SSSR count). The number of aromatic nitrogens is 3. The molecule has 1 aromatic heterocycles. The summed E-state index contributed by atoms with van der Waals surface area (Å²) in [5.74, 6) is 2.25. The maximum atomic E-state index is 5.49. The SMILES string of the molecule is CCOc1ccc(CNn2c(C)n[nH]c2=S)cc1OC. The summed E-state index contributed by atoms with van der Waals surface area (Å²) in [6, 6.07) is 5.83. The number of hydrogen-bond donors (Lipinski definition) is 2. The Morgan fingerprint density at radius 3 is 2.80 bits per heavy atom. The van der Waals surface area contributed by atoms with E-state index >= 15 is 0 Å². The molecule has 0 bridgehead atoms. The molecule has 108 valence electrons. The van der Waals surface area contributed by atoms with Crippen molar-refractivity contribution in [2.75, 3.05) is 19.1 Å². The molecule has 1 heterocycles. The number of ether oxygens (including phenoxy) is 2. The summed E-state index contributed by atoms with van der Waals surface area (Å²) >= 11 is 5.13. The van der Waals surface area contributed by atoms with E-state index in [9.17, 15) is 0 Å². The highest BCUT2D eigenvalue weighted by atomic mass is 32.1. The quantitative estimate of drug-likeness (QED) is 0.801. The molecule has 0 amide bonds. The van der Waals surface area contributed by atoms with E-state index in [1.54, 1.807) is 11.8 Å². The summed E-state index contributed by atoms with van der Waals surface area (Å²) in [5.41, 5.74) is 4.27. The van der Waals surface area contributed by atoms with Crippen molar-refractivity contribution in [3.63, 3.8) is 0 Å². The van der Waals surface area contributed by atoms with Crippen molar-refractivity contribution in [3.8, 4) is 11.5 Å². The minimum Gasteiger partial charge on any atom is -0.493 e. The molecular formula is C13H18N4O2S. The van der Waals surface area contributed by atoms with Crippen LogP contribution in [-0.4, -0.2) is 28.6 Å². The van der Waals surface area contributed by atoms with Gasteiger partial charge in [0, 0.05) is 0 Å². The van der Waals surface area contributed by atoms with Gasteiger partial charge in [0.25, 0.3) is 0 Å². The summed E-state index contributed by atoms with van der Waals surface area (Å²) in [5, 5.41) is 6.77. The predicted octanol–water partition coefficient (Wildman–Crippen LogP) is 2.40. The van der Waals surface area contributed by atoms with E-state index in [1.165, 1.54) is 0 Å². The van der Waals surface area contributed by atoms with Crippen molar-refractivity contribution >= 4 is 12.2 Å². The molecule has 0 saturated heterocycles. The van der Waals surface area contributed by atoms with Crippen molar-refractivity contribution in [1.29, 1.82) is 0 Å². The van der Waals surface area contributed by atoms with Crippen molar-refractivity contribution in [2.24, 2.45) is 0 Å². The van der Waals surface area contributed by atoms with E-state index in [0.717, 1.165) is 22.9 Å². The smallest absolute Gasteiger partial charge is 0.214 e. The third kappa shape index (κ3) is 3.11. The summed E-state index contributed by atoms with van der Waals surface area (Å²) < 4.78 is 13.1. The molecule has 2 N–H and O–H groups in total. The van der Waals surface area contributed by atoms with Gasteiger partial charge in [-0.15, -0.1) is 0 Å². The molecule has 6 nitrogen and oxygen atoms in total. The van der Waals surface area contributed by atoms with Gasteiger partial charge in [0.1, 0.15) is 5.82 Å². The number of H-pyrrole nitrogens is 1. The van der Waals surface area contributed by atoms with Crippen LogP contribution in [-0.2, 0) is 6.54 Å². The van der Waals surface area contributed by atoms with Gasteiger partial charge in [0.05, 0.1) is 20.3 Å². The van der Waals surface area contributed by atoms with E-state index in [-0.39, 0.29) is 0 Å². The Bertz CT molecular complexity index is 636. The van der Waals surface area contributed by atoms with E-state index in [2.05, 4.69) is 15.6 Å². The second-order valence-electron chi connectivity index (χ2n) is 4.16. The van der Waals surface area contributed by atoms with Crippen molar-refractivity contribution < 1.29 is 9.47 Å². The molecule has 0 aliphatic heterocycles. The number of nitrogens with one attached hydrogen (secondary N) is 2. The Balaban J connectivity index is 2.12. The monoisotopic (exact) mass is 294 g/mol. The van der Waals surface area contributed by atoms with Gasteiger partial charge in [0.15, 0.2) is 11.5 Å². The molecule has 0 spiro atoms. The molecule has 0 radical (unpaired) electrons. The highest BCUT2D eigenvalue weighted by Crippen LogP contribution is 2.28. The molecule has 7 heteroatoms. The van der Waals surface area contributed by atoms with Gasteiger partial charge in [-0.2, -0.15) is 5.10 Å². The predicted molar refractivity (Wildman–Crippen MR) is 79.4 cm³/mol. The van der Waals surface area contributed by atoms with Crippen LogP contribution in [0.4, 0.5) is 0 Å². The van der Waals surface area contributed by atoms with E-state index in [1.807, 2.05) is 32.0 Å². The number of hydrogen-bond acceptors (Lipinski definition) is 5. The largest absolute Gasteiger partial charge is 0.493 e. The molecule has 20 heavy (non-hydrogen) atoms. The lowest BCUT2D eigenvalue weighted by molar-refractivity contribution is 0.310. The second kappa shape index (κ2) is 6.42. The Hall–Kier alpha value is -2.02. The zero-order chi connectivity index (χ0) is 14.5. The molecule has 0 atom stereocenters. The van der Waals surface area contributed by atoms with Gasteiger partial charge in [0.2, 0.25) is 4.77 Å². The summed E-state index contributed by atoms with van der Waals surface area (Å²) in [4.78, 5) is 0. The number of aryl methyl sites for hydroxylation is 1. The summed E-state index contributed by atoms with van der Waals surface area (Å²) in [7, 11) is 1.63. The third-order valence-electron chi connectivity index (χ3n) is 2.81. The highest BCUT2D eigenvalue weighted by Gasteiger charge is 2.06. The first kappa shape index (κ1) is 14.4. The lowest BCUT2D eigenvalue weighted by Crippen LogP contribution is -2.16. The molecular weight excluding hydrogens is 276 g/mol. The number of rotatable bonds is 6. The van der Waals surface area contributed by atoms with Gasteiger partial charge in [-0.1, -0.05) is 6.07 Å². The van der Waals surface area contributed by atoms with Crippen LogP contribution in [0.2, 0.25) is 0 Å². The van der Waals surface area contributed by atoms with Gasteiger partial charge >= 0.3 is 0 Å². The van der Waals surface area contributed by atoms with E-state index < -0.39 is 0 Å². The summed E-state index contributed by atoms with van der Waals surface area (Å²) in [6.45, 7) is 5.03. The van der Waals surface area contributed by atoms with Crippen molar-refractivity contribution in [3.05, 3.63) is 34.4 Å². The molecule has 0 aliphatic rings. The molecule has 0 fully saturated rings. The van der Waals surface area contributed by atoms with Gasteiger partial charge in [-0.25, -0.2) is 4.68 Å². The lowest BCUT2D eigenvalue weighted by atomic mass is 10.2. The highest BCUT2D eigenvalue weighted by molar-refractivity contribution is 7.71. The van der Waals surface area contributed by atoms with E-state index in [4.69, 9.17) is 21.7 Å². The van der Waals surface area contributed by atoms with Crippen LogP contribution < -0.4 is 14.9 Å². The van der Waals surface area contributed by atoms with Gasteiger partial charge in [-0.05, 0) is 43.8 Å². The van der Waals surface area contributed by atoms with Crippen LogP contribution in [0.15, 0.2) is 18.2 Å². The average molecular weight is 294 g/mol. The Morgan fingerprint density at radius 2 is 2.20 bits per heavy atom. The number of aromatic amines is 1. The molecule has 0 aliphatic carbocycles. The van der Waals surface area contributed by atoms with Crippen molar-refractivity contribution in [2.45, 2.75) is 20.4 Å². The maximum Gasteiger partial charge on any atom is 0.214 e. The lowest BCUT2D eigenvalue weighted by Gasteiger charge is -2.12. The van der Waals surface area contributed by atoms with Crippen molar-refractivity contribution in [1.82, 2.24) is 14.9 Å². The first-order valence-electron chi connectivity index (χ1n) is 6.33. The molecule has 1 aromatic carbocycles. The number of methoxy groups -OCH3 is 1. The molecule has 0 saturated carbocycles. The minimum absolute atomic E-state index is 0.542. The topological polar surface area (TPSA) is 64.1 Å². The van der Waals surface area contributed by atoms with Crippen LogP contribution >= 0.6 is 12.2 Å². The zero-order valence-electron chi connectivity index (χ0n) is 11.8. The zero-order valence-corrected chi connectivity index (χ0v) is 12.6. The standard InChI is InChI=1S/C13H18N4O2S/c1-4-19-11-6-5-10(7-12(11)18-3)8-14-17-9(2)15-16-13(17)20/h5-7,14H,4,8H2,1-3H3,(H,16,20). The first-order chi connectivity index (χ1) is 9.65. The van der Waals surface area contributed by atoms with E-state index in [0.29, 0.717) is 17.9 Å². The van der Waals surface area contributed by atoms with Crippen LogP contribution in [0, 0.1) is 11.7 Å². The van der Waals surface area contributed by atoms with Crippen LogP contribution in [0.5, 0.6) is 11.5 Å². The molecule has 0 unspecified atom stereocenters. The average Bonchev–Trinajstić information content (AvgIpc) is 2.77. The Labute approximate surface area is 122 Å². The fraction of sp³-hybridized carbons (Fsp3) is 0.385. The fourth-order valence-corrected chi connectivity index (χ4v) is 2.07. The maximum absolute atomic E-state index is 5.49. The number of benzene rings is 1. The van der Waals surface area contributed by atoms with Crippen LogP contribution in [0.25, 0.3) is 0 Å². The van der Waals surface area contributed by atoms with Crippen LogP contribution in [0.1, 0.15) is 18.3 Å².